The van der Waals surface area contributed by atoms with Gasteiger partial charge < -0.3 is 5.11 Å². The number of rotatable bonds is 6. The molecule has 0 aliphatic heterocycles. The molecule has 0 aromatic heterocycles. The summed E-state index contributed by atoms with van der Waals surface area (Å²) >= 11 is 0. The number of carboxylic acids is 1. The molecule has 0 fully saturated rings. The van der Waals surface area contributed by atoms with E-state index in [0.29, 0.717) is 0 Å². The van der Waals surface area contributed by atoms with Crippen LogP contribution in [0.15, 0.2) is 24.3 Å². The molecule has 0 bridgehead atoms. The number of nitrogens with zero attached hydrogens (tertiary/aromatic N) is 1. The summed E-state index contributed by atoms with van der Waals surface area (Å²) in [6.07, 6.45) is 0.00311. The molecule has 0 saturated carbocycles. The van der Waals surface area contributed by atoms with Crippen LogP contribution in [0.2, 0.25) is 0 Å². The Morgan fingerprint density at radius 3 is 2.14 bits per heavy atom. The molecule has 8 heteroatoms. The Morgan fingerprint density at radius 1 is 1.24 bits per heavy atom. The third-order valence-electron chi connectivity index (χ3n) is 2.85. The van der Waals surface area contributed by atoms with Crippen LogP contribution in [-0.4, -0.2) is 41.7 Å². The van der Waals surface area contributed by atoms with Crippen molar-refractivity contribution in [2.45, 2.75) is 26.3 Å². The number of anilines is 1. The number of carboxylic acid groups (broad SMARTS) is 1. The molecule has 1 aromatic carbocycles. The maximum Gasteiger partial charge on any atom is 0.327 e. The van der Waals surface area contributed by atoms with Gasteiger partial charge in [0.2, 0.25) is 5.91 Å². The molecular formula is C13H17NO6S. The first-order valence-corrected chi connectivity index (χ1v) is 7.83. The van der Waals surface area contributed by atoms with Gasteiger partial charge in [-0.2, -0.15) is 8.42 Å². The molecule has 0 spiro atoms. The van der Waals surface area contributed by atoms with Crippen LogP contribution in [-0.2, 0) is 19.7 Å². The van der Waals surface area contributed by atoms with Gasteiger partial charge in [0.05, 0.1) is 0 Å². The molecular weight excluding hydrogens is 298 g/mol. The molecule has 7 nitrogen and oxygen atoms in total. The molecule has 1 atom stereocenters. The summed E-state index contributed by atoms with van der Waals surface area (Å²) in [6.45, 7) is 3.36. The van der Waals surface area contributed by atoms with Crippen LogP contribution in [0.4, 0.5) is 5.69 Å². The van der Waals surface area contributed by atoms with Crippen LogP contribution in [0.5, 0.6) is 0 Å². The van der Waals surface area contributed by atoms with Crippen molar-refractivity contribution in [3.8, 4) is 0 Å². The SMILES string of the molecule is CCC(=O)N(c1ccc(C)cc1)[C@@H](CS(=O)(=O)O)C(=O)O. The Hall–Kier alpha value is -1.93. The lowest BCUT2D eigenvalue weighted by Gasteiger charge is -2.28. The van der Waals surface area contributed by atoms with Gasteiger partial charge in [0, 0.05) is 12.1 Å². The van der Waals surface area contributed by atoms with Gasteiger partial charge in [-0.1, -0.05) is 24.6 Å². The van der Waals surface area contributed by atoms with Crippen molar-refractivity contribution in [2.24, 2.45) is 0 Å². The van der Waals surface area contributed by atoms with Crippen LogP contribution in [0.1, 0.15) is 18.9 Å². The number of carbonyl (C=O) groups excluding carboxylic acids is 1. The van der Waals surface area contributed by atoms with Crippen LogP contribution < -0.4 is 4.90 Å². The first-order valence-electron chi connectivity index (χ1n) is 6.22. The van der Waals surface area contributed by atoms with E-state index in [2.05, 4.69) is 0 Å². The Morgan fingerprint density at radius 2 is 1.76 bits per heavy atom. The lowest BCUT2D eigenvalue weighted by molar-refractivity contribution is -0.139. The van der Waals surface area contributed by atoms with E-state index in [0.717, 1.165) is 10.5 Å². The third-order valence-corrected chi connectivity index (χ3v) is 3.59. The Labute approximate surface area is 122 Å². The summed E-state index contributed by atoms with van der Waals surface area (Å²) in [7, 11) is -4.55. The lowest BCUT2D eigenvalue weighted by Crippen LogP contribution is -2.49. The Balaban J connectivity index is 3.30. The highest BCUT2D eigenvalue weighted by atomic mass is 32.2. The van der Waals surface area contributed by atoms with E-state index in [4.69, 9.17) is 4.55 Å². The third kappa shape index (κ3) is 4.83. The first-order chi connectivity index (χ1) is 9.65. The van der Waals surface area contributed by atoms with Crippen LogP contribution in [0.3, 0.4) is 0 Å². The normalized spacial score (nSPS) is 12.7. The highest BCUT2D eigenvalue weighted by Crippen LogP contribution is 2.20. The van der Waals surface area contributed by atoms with Crippen molar-refractivity contribution in [3.63, 3.8) is 0 Å². The van der Waals surface area contributed by atoms with Crippen molar-refractivity contribution in [1.29, 1.82) is 0 Å². The number of carbonyl (C=O) groups is 2. The van der Waals surface area contributed by atoms with E-state index < -0.39 is 33.8 Å². The van der Waals surface area contributed by atoms with Gasteiger partial charge >= 0.3 is 5.97 Å². The monoisotopic (exact) mass is 315 g/mol. The molecule has 1 aromatic rings. The molecule has 0 saturated heterocycles. The quantitative estimate of drug-likeness (QED) is 0.760. The molecule has 0 unspecified atom stereocenters. The molecule has 0 aliphatic carbocycles. The lowest BCUT2D eigenvalue weighted by atomic mass is 10.1. The number of benzene rings is 1. The predicted octanol–water partition coefficient (Wildman–Crippen LogP) is 1.08. The minimum atomic E-state index is -4.55. The number of aliphatic carboxylic acids is 1. The first kappa shape index (κ1) is 17.1. The van der Waals surface area contributed by atoms with Gasteiger partial charge in [0.25, 0.3) is 10.1 Å². The maximum absolute atomic E-state index is 12.0. The summed E-state index contributed by atoms with van der Waals surface area (Å²) in [4.78, 5) is 24.2. The van der Waals surface area contributed by atoms with Crippen LogP contribution in [0.25, 0.3) is 0 Å². The summed E-state index contributed by atoms with van der Waals surface area (Å²) < 4.78 is 30.9. The molecule has 1 rings (SSSR count). The zero-order valence-electron chi connectivity index (χ0n) is 11.7. The molecule has 0 heterocycles. The summed E-state index contributed by atoms with van der Waals surface area (Å²) in [5.74, 6) is -3.12. The van der Waals surface area contributed by atoms with Gasteiger partial charge in [-0.05, 0) is 19.1 Å². The van der Waals surface area contributed by atoms with Gasteiger partial charge in [0.15, 0.2) is 6.04 Å². The molecule has 116 valence electrons. The average Bonchev–Trinajstić information content (AvgIpc) is 2.38. The second-order valence-corrected chi connectivity index (χ2v) is 6.05. The van der Waals surface area contributed by atoms with Gasteiger partial charge in [-0.3, -0.25) is 14.2 Å². The maximum atomic E-state index is 12.0. The highest BCUT2D eigenvalue weighted by Gasteiger charge is 2.33. The largest absolute Gasteiger partial charge is 0.480 e. The van der Waals surface area contributed by atoms with Gasteiger partial charge in [0.1, 0.15) is 5.75 Å². The van der Waals surface area contributed by atoms with E-state index in [1.165, 1.54) is 19.1 Å². The predicted molar refractivity (Wildman–Crippen MR) is 76.8 cm³/mol. The zero-order valence-corrected chi connectivity index (χ0v) is 12.5. The molecule has 0 radical (unpaired) electrons. The topological polar surface area (TPSA) is 112 Å². The van der Waals surface area contributed by atoms with E-state index in [1.807, 2.05) is 6.92 Å². The second kappa shape index (κ2) is 6.68. The van der Waals surface area contributed by atoms with Gasteiger partial charge in [-0.15, -0.1) is 0 Å². The Bertz CT molecular complexity index is 623. The zero-order chi connectivity index (χ0) is 16.2. The molecule has 2 N–H and O–H groups in total. The summed E-state index contributed by atoms with van der Waals surface area (Å²) in [6, 6.07) is 4.73. The van der Waals surface area contributed by atoms with Crippen molar-refractivity contribution < 1.29 is 27.7 Å². The number of aryl methyl sites for hydroxylation is 1. The Kier molecular flexibility index (Phi) is 5.45. The van der Waals surface area contributed by atoms with Crippen LogP contribution >= 0.6 is 0 Å². The molecule has 0 aliphatic rings. The fourth-order valence-electron chi connectivity index (χ4n) is 1.83. The number of amides is 1. The summed E-state index contributed by atoms with van der Waals surface area (Å²) in [5, 5.41) is 9.20. The van der Waals surface area contributed by atoms with Gasteiger partial charge in [-0.25, -0.2) is 4.79 Å². The van der Waals surface area contributed by atoms with Crippen molar-refractivity contribution in [2.75, 3.05) is 10.7 Å². The van der Waals surface area contributed by atoms with E-state index in [9.17, 15) is 23.1 Å². The van der Waals surface area contributed by atoms with E-state index in [1.54, 1.807) is 12.1 Å². The fourth-order valence-corrected chi connectivity index (χ4v) is 2.52. The van der Waals surface area contributed by atoms with E-state index in [-0.39, 0.29) is 12.1 Å². The second-order valence-electron chi connectivity index (χ2n) is 4.56. The molecule has 21 heavy (non-hydrogen) atoms. The van der Waals surface area contributed by atoms with E-state index >= 15 is 0 Å². The van der Waals surface area contributed by atoms with Crippen molar-refractivity contribution >= 4 is 27.7 Å². The van der Waals surface area contributed by atoms with Crippen LogP contribution in [0, 0.1) is 6.92 Å². The number of hydrogen-bond acceptors (Lipinski definition) is 4. The standard InChI is InChI=1S/C13H17NO6S/c1-3-12(15)14(10-6-4-9(2)5-7-10)11(13(16)17)8-21(18,19)20/h4-7,11H,3,8H2,1-2H3,(H,16,17)(H,18,19,20)/t11-/m0/s1. The fraction of sp³-hybridized carbons (Fsp3) is 0.385. The average molecular weight is 315 g/mol. The summed E-state index contributed by atoms with van der Waals surface area (Å²) in [5.41, 5.74) is 1.17. The number of hydrogen-bond donors (Lipinski definition) is 2. The smallest absolute Gasteiger partial charge is 0.327 e. The minimum Gasteiger partial charge on any atom is -0.480 e. The van der Waals surface area contributed by atoms with Crippen molar-refractivity contribution in [1.82, 2.24) is 0 Å². The van der Waals surface area contributed by atoms with Crippen molar-refractivity contribution in [3.05, 3.63) is 29.8 Å². The highest BCUT2D eigenvalue weighted by molar-refractivity contribution is 7.85. The molecule has 1 amide bonds. The minimum absolute atomic E-state index is 0.00311.